The second-order valence-corrected chi connectivity index (χ2v) is 8.56. The Morgan fingerprint density at radius 2 is 1.50 bits per heavy atom. The summed E-state index contributed by atoms with van der Waals surface area (Å²) >= 11 is 0. The number of carbonyl (C=O) groups excluding carboxylic acids is 4. The SMILES string of the molecule is Cc1cc(C)c(NC(=O)COC(=O)CCCN2C(=O)c3cccc4cccc(c34)C2=O)c(C)c1. The largest absolute Gasteiger partial charge is 0.456 e. The molecule has 0 bridgehead atoms. The van der Waals surface area contributed by atoms with Crippen molar-refractivity contribution >= 4 is 40.2 Å². The number of hydrogen-bond donors (Lipinski definition) is 1. The summed E-state index contributed by atoms with van der Waals surface area (Å²) in [5, 5.41) is 4.29. The lowest BCUT2D eigenvalue weighted by atomic mass is 9.94. The van der Waals surface area contributed by atoms with Crippen molar-refractivity contribution in [2.75, 3.05) is 18.5 Å². The first kappa shape index (κ1) is 23.2. The fourth-order valence-electron chi connectivity index (χ4n) is 4.44. The topological polar surface area (TPSA) is 92.8 Å². The minimum Gasteiger partial charge on any atom is -0.456 e. The summed E-state index contributed by atoms with van der Waals surface area (Å²) in [5.74, 6) is -1.72. The molecule has 0 aliphatic carbocycles. The molecule has 0 saturated heterocycles. The Hall–Kier alpha value is -4.00. The molecule has 0 aromatic heterocycles. The fraction of sp³-hybridized carbons (Fsp3) is 0.259. The van der Waals surface area contributed by atoms with E-state index in [0.717, 1.165) is 22.1 Å². The Balaban J connectivity index is 1.29. The highest BCUT2D eigenvalue weighted by atomic mass is 16.5. The number of rotatable bonds is 7. The van der Waals surface area contributed by atoms with Crippen LogP contribution in [0.4, 0.5) is 5.69 Å². The molecule has 0 radical (unpaired) electrons. The van der Waals surface area contributed by atoms with E-state index in [9.17, 15) is 19.2 Å². The van der Waals surface area contributed by atoms with Gasteiger partial charge in [0.1, 0.15) is 0 Å². The molecule has 1 heterocycles. The minimum atomic E-state index is -0.563. The van der Waals surface area contributed by atoms with Gasteiger partial charge in [0.15, 0.2) is 6.61 Å². The molecule has 3 aromatic rings. The number of carbonyl (C=O) groups is 4. The van der Waals surface area contributed by atoms with Crippen molar-refractivity contribution in [3.8, 4) is 0 Å². The van der Waals surface area contributed by atoms with Crippen LogP contribution in [0.15, 0.2) is 48.5 Å². The van der Waals surface area contributed by atoms with Gasteiger partial charge in [0.05, 0.1) is 0 Å². The van der Waals surface area contributed by atoms with E-state index in [1.54, 1.807) is 24.3 Å². The number of nitrogens with zero attached hydrogens (tertiary/aromatic N) is 1. The number of amides is 3. The van der Waals surface area contributed by atoms with E-state index in [1.807, 2.05) is 45.0 Å². The molecule has 1 aliphatic heterocycles. The predicted octanol–water partition coefficient (Wildman–Crippen LogP) is 4.32. The second-order valence-electron chi connectivity index (χ2n) is 8.56. The van der Waals surface area contributed by atoms with E-state index in [2.05, 4.69) is 5.32 Å². The molecule has 3 amide bonds. The average Bonchev–Trinajstić information content (AvgIpc) is 2.80. The maximum absolute atomic E-state index is 12.9. The smallest absolute Gasteiger partial charge is 0.306 e. The summed E-state index contributed by atoms with van der Waals surface area (Å²) < 4.78 is 5.09. The first-order chi connectivity index (χ1) is 16.3. The van der Waals surface area contributed by atoms with Gasteiger partial charge < -0.3 is 10.1 Å². The van der Waals surface area contributed by atoms with Gasteiger partial charge in [0.2, 0.25) is 0 Å². The third-order valence-electron chi connectivity index (χ3n) is 5.92. The Bertz CT molecular complexity index is 1250. The quantitative estimate of drug-likeness (QED) is 0.420. The third-order valence-corrected chi connectivity index (χ3v) is 5.92. The lowest BCUT2D eigenvalue weighted by molar-refractivity contribution is -0.147. The summed E-state index contributed by atoms with van der Waals surface area (Å²) in [5.41, 5.74) is 4.65. The minimum absolute atomic E-state index is 0.0151. The standard InChI is InChI=1S/C27H26N2O5/c1-16-13-17(2)25(18(3)14-16)28-22(30)15-34-23(31)11-6-12-29-26(32)20-9-4-7-19-8-5-10-21(24(19)20)27(29)33/h4-5,7-10,13-14H,6,11-12,15H2,1-3H3,(H,28,30). The van der Waals surface area contributed by atoms with Crippen LogP contribution in [0.3, 0.4) is 0 Å². The zero-order valence-corrected chi connectivity index (χ0v) is 19.4. The van der Waals surface area contributed by atoms with Gasteiger partial charge in [0, 0.05) is 35.2 Å². The number of nitrogens with one attached hydrogen (secondary N) is 1. The summed E-state index contributed by atoms with van der Waals surface area (Å²) in [4.78, 5) is 51.3. The maximum Gasteiger partial charge on any atom is 0.306 e. The Kier molecular flexibility index (Phi) is 6.45. The highest BCUT2D eigenvalue weighted by Gasteiger charge is 2.32. The molecule has 3 aromatic carbocycles. The van der Waals surface area contributed by atoms with Crippen LogP contribution in [-0.2, 0) is 14.3 Å². The van der Waals surface area contributed by atoms with Gasteiger partial charge in [-0.1, -0.05) is 42.0 Å². The number of aryl methyl sites for hydroxylation is 3. The normalized spacial score (nSPS) is 12.7. The number of benzene rings is 3. The van der Waals surface area contributed by atoms with Gasteiger partial charge >= 0.3 is 5.97 Å². The zero-order chi connectivity index (χ0) is 24.4. The third kappa shape index (κ3) is 4.55. The number of ether oxygens (including phenoxy) is 1. The van der Waals surface area contributed by atoms with E-state index < -0.39 is 18.5 Å². The van der Waals surface area contributed by atoms with Crippen LogP contribution in [0.1, 0.15) is 50.2 Å². The second kappa shape index (κ2) is 9.47. The van der Waals surface area contributed by atoms with Gasteiger partial charge in [-0.25, -0.2) is 0 Å². The summed E-state index contributed by atoms with van der Waals surface area (Å²) in [6.45, 7) is 5.48. The molecule has 7 nitrogen and oxygen atoms in total. The van der Waals surface area contributed by atoms with Crippen LogP contribution in [0.25, 0.3) is 10.8 Å². The van der Waals surface area contributed by atoms with Crippen molar-refractivity contribution in [3.05, 3.63) is 76.3 Å². The lowest BCUT2D eigenvalue weighted by Gasteiger charge is -2.27. The van der Waals surface area contributed by atoms with Crippen molar-refractivity contribution in [3.63, 3.8) is 0 Å². The van der Waals surface area contributed by atoms with Crippen molar-refractivity contribution in [1.29, 1.82) is 0 Å². The summed E-state index contributed by atoms with van der Waals surface area (Å²) in [7, 11) is 0. The first-order valence-corrected chi connectivity index (χ1v) is 11.2. The highest BCUT2D eigenvalue weighted by molar-refractivity contribution is 6.25. The van der Waals surface area contributed by atoms with Crippen LogP contribution in [-0.4, -0.2) is 41.7 Å². The Labute approximate surface area is 197 Å². The first-order valence-electron chi connectivity index (χ1n) is 11.2. The highest BCUT2D eigenvalue weighted by Crippen LogP contribution is 2.30. The molecule has 0 spiro atoms. The molecular formula is C27H26N2O5. The number of esters is 1. The molecule has 1 N–H and O–H groups in total. The fourth-order valence-corrected chi connectivity index (χ4v) is 4.44. The Morgan fingerprint density at radius 1 is 0.912 bits per heavy atom. The lowest BCUT2D eigenvalue weighted by Crippen LogP contribution is -2.41. The molecule has 174 valence electrons. The number of anilines is 1. The molecule has 34 heavy (non-hydrogen) atoms. The van der Waals surface area contributed by atoms with Gasteiger partial charge in [-0.3, -0.25) is 24.1 Å². The molecule has 4 rings (SSSR count). The van der Waals surface area contributed by atoms with E-state index in [-0.39, 0.29) is 31.2 Å². The van der Waals surface area contributed by atoms with Gasteiger partial charge in [0.25, 0.3) is 17.7 Å². The summed E-state index contributed by atoms with van der Waals surface area (Å²) in [6.07, 6.45) is 0.227. The van der Waals surface area contributed by atoms with E-state index in [1.165, 1.54) is 4.90 Å². The molecule has 0 atom stereocenters. The maximum atomic E-state index is 12.9. The molecule has 0 unspecified atom stereocenters. The van der Waals surface area contributed by atoms with Crippen molar-refractivity contribution in [2.45, 2.75) is 33.6 Å². The van der Waals surface area contributed by atoms with Crippen LogP contribution >= 0.6 is 0 Å². The molecule has 1 aliphatic rings. The van der Waals surface area contributed by atoms with E-state index in [4.69, 9.17) is 4.74 Å². The van der Waals surface area contributed by atoms with Gasteiger partial charge in [-0.15, -0.1) is 0 Å². The Morgan fingerprint density at radius 3 is 2.09 bits per heavy atom. The van der Waals surface area contributed by atoms with Gasteiger partial charge in [-0.05, 0) is 55.8 Å². The monoisotopic (exact) mass is 458 g/mol. The zero-order valence-electron chi connectivity index (χ0n) is 19.4. The van der Waals surface area contributed by atoms with Crippen LogP contribution < -0.4 is 5.32 Å². The van der Waals surface area contributed by atoms with Gasteiger partial charge in [-0.2, -0.15) is 0 Å². The van der Waals surface area contributed by atoms with Crippen molar-refractivity contribution in [1.82, 2.24) is 4.90 Å². The molecule has 0 fully saturated rings. The van der Waals surface area contributed by atoms with Crippen molar-refractivity contribution < 1.29 is 23.9 Å². The van der Waals surface area contributed by atoms with Crippen LogP contribution in [0, 0.1) is 20.8 Å². The van der Waals surface area contributed by atoms with Crippen LogP contribution in [0.5, 0.6) is 0 Å². The number of imide groups is 1. The van der Waals surface area contributed by atoms with Crippen LogP contribution in [0.2, 0.25) is 0 Å². The molecule has 7 heteroatoms. The average molecular weight is 459 g/mol. The van der Waals surface area contributed by atoms with Crippen molar-refractivity contribution in [2.24, 2.45) is 0 Å². The molecule has 0 saturated carbocycles. The number of hydrogen-bond acceptors (Lipinski definition) is 5. The molecular weight excluding hydrogens is 432 g/mol. The van der Waals surface area contributed by atoms with E-state index in [0.29, 0.717) is 22.2 Å². The summed E-state index contributed by atoms with van der Waals surface area (Å²) in [6, 6.07) is 14.7. The predicted molar refractivity (Wildman–Crippen MR) is 129 cm³/mol. The van der Waals surface area contributed by atoms with E-state index >= 15 is 0 Å².